The maximum absolute atomic E-state index is 12.4. The van der Waals surface area contributed by atoms with Gasteiger partial charge in [0.1, 0.15) is 0 Å². The van der Waals surface area contributed by atoms with E-state index in [0.29, 0.717) is 32.5 Å². The van der Waals surface area contributed by atoms with Crippen molar-refractivity contribution in [2.45, 2.75) is 39.2 Å². The zero-order valence-electron chi connectivity index (χ0n) is 11.6. The van der Waals surface area contributed by atoms with Crippen LogP contribution in [0.4, 0.5) is 0 Å². The van der Waals surface area contributed by atoms with Gasteiger partial charge in [-0.25, -0.2) is 0 Å². The Bertz CT molecular complexity index is 284. The van der Waals surface area contributed by atoms with Crippen molar-refractivity contribution in [3.63, 3.8) is 0 Å². The van der Waals surface area contributed by atoms with Gasteiger partial charge in [0.05, 0.1) is 12.5 Å². The molecule has 1 saturated heterocycles. The molecule has 18 heavy (non-hydrogen) atoms. The van der Waals surface area contributed by atoms with Crippen molar-refractivity contribution in [3.05, 3.63) is 0 Å². The van der Waals surface area contributed by atoms with Crippen LogP contribution in [-0.2, 0) is 14.3 Å². The molecule has 2 unspecified atom stereocenters. The second-order valence-electron chi connectivity index (χ2n) is 4.82. The molecule has 1 fully saturated rings. The molecule has 1 aliphatic rings. The minimum Gasteiger partial charge on any atom is -0.383 e. The van der Waals surface area contributed by atoms with Crippen LogP contribution in [0.5, 0.6) is 0 Å². The first-order valence-electron chi connectivity index (χ1n) is 6.66. The van der Waals surface area contributed by atoms with Crippen LogP contribution in [0.25, 0.3) is 0 Å². The predicted octanol–water partition coefficient (Wildman–Crippen LogP) is 0.786. The largest absolute Gasteiger partial charge is 0.383 e. The first-order chi connectivity index (χ1) is 8.60. The predicted molar refractivity (Wildman–Crippen MR) is 69.1 cm³/mol. The third-order valence-electron chi connectivity index (χ3n) is 3.56. The Morgan fingerprint density at radius 2 is 2.33 bits per heavy atom. The Labute approximate surface area is 109 Å². The highest BCUT2D eigenvalue weighted by Crippen LogP contribution is 2.16. The first-order valence-corrected chi connectivity index (χ1v) is 6.66. The summed E-state index contributed by atoms with van der Waals surface area (Å²) < 4.78 is 5.06. The van der Waals surface area contributed by atoms with Crippen molar-refractivity contribution in [3.8, 4) is 0 Å². The van der Waals surface area contributed by atoms with Crippen molar-refractivity contribution in [1.29, 1.82) is 0 Å². The maximum atomic E-state index is 12.4. The van der Waals surface area contributed by atoms with Crippen LogP contribution in [0, 0.1) is 5.92 Å². The number of hydrogen-bond donors (Lipinski definition) is 1. The van der Waals surface area contributed by atoms with Crippen LogP contribution in [0.2, 0.25) is 0 Å². The van der Waals surface area contributed by atoms with E-state index in [2.05, 4.69) is 19.2 Å². The maximum Gasteiger partial charge on any atom is 0.227 e. The molecule has 0 spiro atoms. The van der Waals surface area contributed by atoms with Crippen LogP contribution in [-0.4, -0.2) is 49.6 Å². The number of amides is 2. The van der Waals surface area contributed by atoms with E-state index < -0.39 is 0 Å². The molecular weight excluding hydrogens is 232 g/mol. The fraction of sp³-hybridized carbons (Fsp3) is 0.846. The first kappa shape index (κ1) is 15.0. The van der Waals surface area contributed by atoms with E-state index in [1.54, 1.807) is 7.11 Å². The van der Waals surface area contributed by atoms with E-state index in [1.165, 1.54) is 0 Å². The summed E-state index contributed by atoms with van der Waals surface area (Å²) in [6.45, 7) is 5.76. The third-order valence-corrected chi connectivity index (χ3v) is 3.56. The molecule has 2 amide bonds. The summed E-state index contributed by atoms with van der Waals surface area (Å²) in [4.78, 5) is 25.4. The summed E-state index contributed by atoms with van der Waals surface area (Å²) in [6.07, 6.45) is 2.04. The molecule has 0 aromatic heterocycles. The van der Waals surface area contributed by atoms with Gasteiger partial charge in [-0.3, -0.25) is 9.59 Å². The number of nitrogens with one attached hydrogen (secondary N) is 1. The van der Waals surface area contributed by atoms with Crippen LogP contribution in [0.1, 0.15) is 33.1 Å². The van der Waals surface area contributed by atoms with Gasteiger partial charge in [-0.1, -0.05) is 6.92 Å². The SMILES string of the molecule is CCC(C)N(CCOC)C(=O)C1CCC(=O)NC1. The number of carbonyl (C=O) groups excluding carboxylic acids is 2. The van der Waals surface area contributed by atoms with Gasteiger partial charge in [0.25, 0.3) is 0 Å². The van der Waals surface area contributed by atoms with Gasteiger partial charge in [-0.15, -0.1) is 0 Å². The quantitative estimate of drug-likeness (QED) is 0.764. The molecule has 0 radical (unpaired) electrons. The average molecular weight is 256 g/mol. The minimum absolute atomic E-state index is 0.0473. The Kier molecular flexibility index (Phi) is 6.12. The molecule has 0 bridgehead atoms. The lowest BCUT2D eigenvalue weighted by atomic mass is 9.97. The fourth-order valence-corrected chi connectivity index (χ4v) is 2.14. The fourth-order valence-electron chi connectivity index (χ4n) is 2.14. The summed E-state index contributed by atoms with van der Waals surface area (Å²) in [7, 11) is 1.64. The molecule has 104 valence electrons. The van der Waals surface area contributed by atoms with Gasteiger partial charge in [-0.05, 0) is 19.8 Å². The second kappa shape index (κ2) is 7.36. The smallest absolute Gasteiger partial charge is 0.227 e. The van der Waals surface area contributed by atoms with Crippen LogP contribution in [0.3, 0.4) is 0 Å². The van der Waals surface area contributed by atoms with Crippen molar-refractivity contribution < 1.29 is 14.3 Å². The second-order valence-corrected chi connectivity index (χ2v) is 4.82. The number of carbonyl (C=O) groups is 2. The molecule has 0 aliphatic carbocycles. The topological polar surface area (TPSA) is 58.6 Å². The molecule has 2 atom stereocenters. The monoisotopic (exact) mass is 256 g/mol. The summed E-state index contributed by atoms with van der Waals surface area (Å²) in [5, 5.41) is 2.76. The van der Waals surface area contributed by atoms with Gasteiger partial charge in [0.15, 0.2) is 0 Å². The number of methoxy groups -OCH3 is 1. The summed E-state index contributed by atoms with van der Waals surface area (Å²) in [5.41, 5.74) is 0. The number of ether oxygens (including phenoxy) is 1. The van der Waals surface area contributed by atoms with E-state index in [9.17, 15) is 9.59 Å². The van der Waals surface area contributed by atoms with E-state index in [0.717, 1.165) is 6.42 Å². The summed E-state index contributed by atoms with van der Waals surface area (Å²) in [5.74, 6) is 0.112. The lowest BCUT2D eigenvalue weighted by molar-refractivity contribution is -0.140. The van der Waals surface area contributed by atoms with Gasteiger partial charge in [0.2, 0.25) is 11.8 Å². The highest BCUT2D eigenvalue weighted by Gasteiger charge is 2.29. The lowest BCUT2D eigenvalue weighted by Gasteiger charge is -2.33. The standard InChI is InChI=1S/C13H24N2O3/c1-4-10(2)15(7-8-18-3)13(17)11-5-6-12(16)14-9-11/h10-11H,4-9H2,1-3H3,(H,14,16). The van der Waals surface area contributed by atoms with Crippen LogP contribution in [0.15, 0.2) is 0 Å². The normalized spacial score (nSPS) is 21.3. The number of nitrogens with zero attached hydrogens (tertiary/aromatic N) is 1. The zero-order valence-corrected chi connectivity index (χ0v) is 11.6. The molecule has 1 heterocycles. The highest BCUT2D eigenvalue weighted by molar-refractivity contribution is 5.83. The minimum atomic E-state index is -0.0754. The van der Waals surface area contributed by atoms with Crippen molar-refractivity contribution >= 4 is 11.8 Å². The molecule has 1 rings (SSSR count). The highest BCUT2D eigenvalue weighted by atomic mass is 16.5. The molecule has 1 aliphatic heterocycles. The van der Waals surface area contributed by atoms with Gasteiger partial charge in [-0.2, -0.15) is 0 Å². The van der Waals surface area contributed by atoms with E-state index >= 15 is 0 Å². The zero-order chi connectivity index (χ0) is 13.5. The van der Waals surface area contributed by atoms with Crippen LogP contribution >= 0.6 is 0 Å². The molecule has 0 aromatic carbocycles. The Morgan fingerprint density at radius 3 is 2.83 bits per heavy atom. The molecule has 0 saturated carbocycles. The third kappa shape index (κ3) is 3.98. The van der Waals surface area contributed by atoms with E-state index in [-0.39, 0.29) is 23.8 Å². The Morgan fingerprint density at radius 1 is 1.61 bits per heavy atom. The van der Waals surface area contributed by atoms with Crippen molar-refractivity contribution in [2.75, 3.05) is 26.8 Å². The summed E-state index contributed by atoms with van der Waals surface area (Å²) >= 11 is 0. The number of rotatable bonds is 6. The Balaban J connectivity index is 2.60. The molecule has 5 nitrogen and oxygen atoms in total. The molecular formula is C13H24N2O3. The molecule has 0 aromatic rings. The van der Waals surface area contributed by atoms with Gasteiger partial charge >= 0.3 is 0 Å². The number of piperidine rings is 1. The van der Waals surface area contributed by atoms with E-state index in [4.69, 9.17) is 4.74 Å². The lowest BCUT2D eigenvalue weighted by Crippen LogP contribution is -2.48. The van der Waals surface area contributed by atoms with Crippen LogP contribution < -0.4 is 5.32 Å². The Hall–Kier alpha value is -1.10. The van der Waals surface area contributed by atoms with Crippen molar-refractivity contribution in [2.24, 2.45) is 5.92 Å². The summed E-state index contributed by atoms with van der Waals surface area (Å²) in [6, 6.07) is 0.213. The average Bonchev–Trinajstić information content (AvgIpc) is 2.39. The van der Waals surface area contributed by atoms with E-state index in [1.807, 2.05) is 4.90 Å². The number of hydrogen-bond acceptors (Lipinski definition) is 3. The van der Waals surface area contributed by atoms with Gasteiger partial charge in [0, 0.05) is 32.7 Å². The van der Waals surface area contributed by atoms with Crippen molar-refractivity contribution in [1.82, 2.24) is 10.2 Å². The molecule has 5 heteroatoms. The van der Waals surface area contributed by atoms with Gasteiger partial charge < -0.3 is 15.0 Å². The molecule has 1 N–H and O–H groups in total.